The van der Waals surface area contributed by atoms with Crippen molar-refractivity contribution in [3.63, 3.8) is 0 Å². The average molecular weight is 694 g/mol. The molecule has 2 heterocycles. The van der Waals surface area contributed by atoms with Crippen LogP contribution in [0, 0.1) is 5.41 Å². The number of carbonyl (C=O) groups excluding carboxylic acids is 1. The van der Waals surface area contributed by atoms with Crippen molar-refractivity contribution < 1.29 is 19.0 Å². The van der Waals surface area contributed by atoms with Gasteiger partial charge < -0.3 is 14.2 Å². The Kier molecular flexibility index (Phi) is 9.39. The van der Waals surface area contributed by atoms with Crippen LogP contribution >= 0.6 is 39.3 Å². The molecule has 1 aliphatic carbocycles. The van der Waals surface area contributed by atoms with Gasteiger partial charge in [-0.1, -0.05) is 61.2 Å². The lowest BCUT2D eigenvalue weighted by atomic mass is 9.84. The fourth-order valence-electron chi connectivity index (χ4n) is 5.44. The van der Waals surface area contributed by atoms with E-state index in [9.17, 15) is 4.79 Å². The number of benzene rings is 3. The van der Waals surface area contributed by atoms with Gasteiger partial charge in [0.15, 0.2) is 17.3 Å². The largest absolute Gasteiger partial charge is 0.493 e. The molecule has 1 fully saturated rings. The molecule has 3 aliphatic rings. The third kappa shape index (κ3) is 6.57. The van der Waals surface area contributed by atoms with Crippen molar-refractivity contribution in [1.82, 2.24) is 5.01 Å². The molecule has 2 aliphatic heterocycles. The van der Waals surface area contributed by atoms with E-state index in [0.717, 1.165) is 5.75 Å². The first-order valence-corrected chi connectivity index (χ1v) is 16.4. The number of hydrogen-bond acceptors (Lipinski definition) is 7. The number of nitrogens with zero attached hydrogens (tertiary/aromatic N) is 3. The second-order valence-electron chi connectivity index (χ2n) is 10.5. The summed E-state index contributed by atoms with van der Waals surface area (Å²) in [6, 6.07) is 19.2. The van der Waals surface area contributed by atoms with Gasteiger partial charge in [0.05, 0.1) is 22.2 Å². The van der Waals surface area contributed by atoms with E-state index >= 15 is 0 Å². The van der Waals surface area contributed by atoms with Crippen LogP contribution in [0.5, 0.6) is 17.2 Å². The van der Waals surface area contributed by atoms with Crippen molar-refractivity contribution in [1.29, 1.82) is 5.41 Å². The van der Waals surface area contributed by atoms with E-state index in [1.54, 1.807) is 31.4 Å². The lowest BCUT2D eigenvalue weighted by Gasteiger charge is -2.22. The van der Waals surface area contributed by atoms with Crippen molar-refractivity contribution in [2.45, 2.75) is 38.0 Å². The number of fused-ring (bicyclic) bond motifs is 1. The van der Waals surface area contributed by atoms with E-state index in [1.807, 2.05) is 30.3 Å². The van der Waals surface area contributed by atoms with Crippen LogP contribution in [0.1, 0.15) is 54.7 Å². The Bertz CT molecular complexity index is 1690. The molecule has 0 bridgehead atoms. The standard InChI is InChI=1S/C33H30BrClN4O4S/c1-41-28-19-20(17-25-30(36)39-33(37-31(25)40)44-32(38-39)24-9-5-6-10-27(24)35)18-26(34)29(28)43-16-15-42-23-13-11-22(12-14-23)21-7-3-2-4-8-21/h5-6,9-14,17-19,21,36H,2-4,7-8,15-16H2,1H3/b25-17-,36-30?. The van der Waals surface area contributed by atoms with Crippen molar-refractivity contribution in [2.24, 2.45) is 10.1 Å². The Morgan fingerprint density at radius 2 is 1.82 bits per heavy atom. The number of aliphatic imine (C=N–C) groups is 1. The highest BCUT2D eigenvalue weighted by Gasteiger charge is 2.36. The van der Waals surface area contributed by atoms with Crippen LogP contribution in [-0.4, -0.2) is 47.3 Å². The Balaban J connectivity index is 1.11. The highest BCUT2D eigenvalue weighted by molar-refractivity contribution is 9.10. The highest BCUT2D eigenvalue weighted by Crippen LogP contribution is 2.39. The van der Waals surface area contributed by atoms with Gasteiger partial charge >= 0.3 is 0 Å². The predicted molar refractivity (Wildman–Crippen MR) is 180 cm³/mol. The third-order valence-electron chi connectivity index (χ3n) is 7.68. The quantitative estimate of drug-likeness (QED) is 0.179. The zero-order valence-electron chi connectivity index (χ0n) is 24.0. The molecule has 1 amide bonds. The van der Waals surface area contributed by atoms with Crippen molar-refractivity contribution in [2.75, 3.05) is 20.3 Å². The SMILES string of the molecule is COc1cc(/C=C2/C(=N)N3N=C(c4ccccc4Cl)SC3=NC2=O)cc(Br)c1OCCOc1ccc(C2CCCCC2)cc1. The minimum atomic E-state index is -0.524. The topological polar surface area (TPSA) is 96.6 Å². The van der Waals surface area contributed by atoms with Crippen LogP contribution in [0.15, 0.2) is 80.8 Å². The smallest absolute Gasteiger partial charge is 0.283 e. The van der Waals surface area contributed by atoms with Crippen LogP contribution in [-0.2, 0) is 4.79 Å². The zero-order valence-corrected chi connectivity index (χ0v) is 27.2. The van der Waals surface area contributed by atoms with E-state index in [4.69, 9.17) is 31.2 Å². The summed E-state index contributed by atoms with van der Waals surface area (Å²) in [5.74, 6) is 1.86. The molecule has 0 aromatic heterocycles. The summed E-state index contributed by atoms with van der Waals surface area (Å²) in [5.41, 5.74) is 2.83. The van der Waals surface area contributed by atoms with Crippen molar-refractivity contribution in [3.8, 4) is 17.2 Å². The number of amidine groups is 2. The number of rotatable bonds is 9. The number of ether oxygens (including phenoxy) is 3. The Hall–Kier alpha value is -3.60. The van der Waals surface area contributed by atoms with E-state index in [-0.39, 0.29) is 11.4 Å². The summed E-state index contributed by atoms with van der Waals surface area (Å²) in [6.07, 6.45) is 8.11. The first-order chi connectivity index (χ1) is 21.4. The van der Waals surface area contributed by atoms with Gasteiger partial charge in [0.2, 0.25) is 5.17 Å². The number of methoxy groups -OCH3 is 1. The molecule has 0 unspecified atom stereocenters. The maximum Gasteiger partial charge on any atom is 0.283 e. The number of thioether (sulfide) groups is 1. The molecule has 0 radical (unpaired) electrons. The van der Waals surface area contributed by atoms with Gasteiger partial charge in [-0.15, -0.1) is 0 Å². The van der Waals surface area contributed by atoms with Crippen LogP contribution in [0.2, 0.25) is 5.02 Å². The van der Waals surface area contributed by atoms with Crippen LogP contribution in [0.4, 0.5) is 0 Å². The average Bonchev–Trinajstić information content (AvgIpc) is 3.46. The Morgan fingerprint density at radius 1 is 1.07 bits per heavy atom. The molecule has 1 saturated carbocycles. The Labute approximate surface area is 273 Å². The van der Waals surface area contributed by atoms with E-state index in [1.165, 1.54) is 54.4 Å². The lowest BCUT2D eigenvalue weighted by Crippen LogP contribution is -2.35. The molecule has 44 heavy (non-hydrogen) atoms. The first kappa shape index (κ1) is 30.4. The zero-order chi connectivity index (χ0) is 30.6. The number of carbonyl (C=O) groups is 1. The monoisotopic (exact) mass is 692 g/mol. The number of hydrazone groups is 1. The molecule has 1 N–H and O–H groups in total. The fourth-order valence-corrected chi connectivity index (χ4v) is 7.23. The molecule has 3 aromatic rings. The molecule has 0 spiro atoms. The molecule has 11 heteroatoms. The second kappa shape index (κ2) is 13.6. The molecule has 6 rings (SSSR count). The number of hydrogen-bond donors (Lipinski definition) is 1. The third-order valence-corrected chi connectivity index (χ3v) is 9.54. The normalized spacial score (nSPS) is 17.8. The molecular weight excluding hydrogens is 664 g/mol. The molecule has 0 atom stereocenters. The van der Waals surface area contributed by atoms with Crippen molar-refractivity contribution >= 4 is 67.3 Å². The summed E-state index contributed by atoms with van der Waals surface area (Å²) in [5, 5.41) is 16.0. The van der Waals surface area contributed by atoms with E-state index in [0.29, 0.717) is 61.5 Å². The molecular formula is C33H30BrClN4O4S. The summed E-state index contributed by atoms with van der Waals surface area (Å²) in [6.45, 7) is 0.666. The van der Waals surface area contributed by atoms with Gasteiger partial charge in [-0.05, 0) is 94.0 Å². The summed E-state index contributed by atoms with van der Waals surface area (Å²) in [4.78, 5) is 17.1. The summed E-state index contributed by atoms with van der Waals surface area (Å²) >= 11 is 11.1. The number of amides is 1. The van der Waals surface area contributed by atoms with Crippen LogP contribution in [0.25, 0.3) is 6.08 Å². The second-order valence-corrected chi connectivity index (χ2v) is 12.8. The molecule has 0 saturated heterocycles. The molecule has 8 nitrogen and oxygen atoms in total. The van der Waals surface area contributed by atoms with Crippen molar-refractivity contribution in [3.05, 3.63) is 92.4 Å². The first-order valence-electron chi connectivity index (χ1n) is 14.4. The van der Waals surface area contributed by atoms with Gasteiger partial charge in [0.25, 0.3) is 5.91 Å². The van der Waals surface area contributed by atoms with Crippen LogP contribution < -0.4 is 14.2 Å². The minimum Gasteiger partial charge on any atom is -0.493 e. The van der Waals surface area contributed by atoms with E-state index in [2.05, 4.69) is 38.2 Å². The maximum absolute atomic E-state index is 13.0. The van der Waals surface area contributed by atoms with Gasteiger partial charge in [-0.25, -0.2) is 0 Å². The lowest BCUT2D eigenvalue weighted by molar-refractivity contribution is -0.114. The maximum atomic E-state index is 13.0. The summed E-state index contributed by atoms with van der Waals surface area (Å²) < 4.78 is 18.2. The summed E-state index contributed by atoms with van der Waals surface area (Å²) in [7, 11) is 1.55. The van der Waals surface area contributed by atoms with Gasteiger partial charge in [0, 0.05) is 5.56 Å². The van der Waals surface area contributed by atoms with Gasteiger partial charge in [0.1, 0.15) is 24.0 Å². The highest BCUT2D eigenvalue weighted by atomic mass is 79.9. The minimum absolute atomic E-state index is 0.0751. The van der Waals surface area contributed by atoms with Crippen LogP contribution in [0.3, 0.4) is 0 Å². The molecule has 226 valence electrons. The number of nitrogens with one attached hydrogen (secondary N) is 1. The van der Waals surface area contributed by atoms with E-state index < -0.39 is 5.91 Å². The molecule has 3 aromatic carbocycles. The fraction of sp³-hybridized carbons (Fsp3) is 0.273. The Morgan fingerprint density at radius 3 is 2.57 bits per heavy atom. The van der Waals surface area contributed by atoms with Gasteiger partial charge in [-0.2, -0.15) is 15.1 Å². The van der Waals surface area contributed by atoms with Gasteiger partial charge in [-0.3, -0.25) is 10.2 Å². The predicted octanol–water partition coefficient (Wildman–Crippen LogP) is 8.28. The number of halogens is 2.